The van der Waals surface area contributed by atoms with Crippen LogP contribution >= 0.6 is 0 Å². The molecule has 0 aliphatic carbocycles. The topological polar surface area (TPSA) is 57.3 Å². The first-order valence-electron chi connectivity index (χ1n) is 10.5. The highest BCUT2D eigenvalue weighted by Gasteiger charge is 2.15. The van der Waals surface area contributed by atoms with Gasteiger partial charge in [-0.05, 0) is 56.1 Å². The average molecular weight is 389 g/mol. The quantitative estimate of drug-likeness (QED) is 0.631. The predicted octanol–water partition coefficient (Wildman–Crippen LogP) is 4.37. The molecule has 1 aromatic heterocycles. The molecule has 0 spiro atoms. The van der Waals surface area contributed by atoms with Crippen LogP contribution in [0.1, 0.15) is 35.7 Å². The molecule has 0 unspecified atom stereocenters. The lowest BCUT2D eigenvalue weighted by Crippen LogP contribution is -2.33. The predicted molar refractivity (Wildman–Crippen MR) is 119 cm³/mol. The largest absolute Gasteiger partial charge is 0.351 e. The summed E-state index contributed by atoms with van der Waals surface area (Å²) in [7, 11) is 0. The van der Waals surface area contributed by atoms with Gasteiger partial charge in [-0.25, -0.2) is 4.98 Å². The molecule has 1 saturated heterocycles. The number of rotatable bonds is 7. The van der Waals surface area contributed by atoms with Crippen molar-refractivity contribution in [3.8, 4) is 0 Å². The Morgan fingerprint density at radius 3 is 2.66 bits per heavy atom. The Kier molecular flexibility index (Phi) is 6.06. The maximum atomic E-state index is 13.0. The van der Waals surface area contributed by atoms with E-state index in [2.05, 4.69) is 28.5 Å². The zero-order valence-electron chi connectivity index (χ0n) is 16.9. The van der Waals surface area contributed by atoms with Crippen LogP contribution in [-0.2, 0) is 6.42 Å². The summed E-state index contributed by atoms with van der Waals surface area (Å²) < 4.78 is 0. The number of aryl methyl sites for hydroxylation is 1. The van der Waals surface area contributed by atoms with Crippen molar-refractivity contribution in [2.24, 2.45) is 0 Å². The monoisotopic (exact) mass is 388 g/mol. The number of pyridine rings is 1. The van der Waals surface area contributed by atoms with Crippen LogP contribution in [0.2, 0.25) is 0 Å². The summed E-state index contributed by atoms with van der Waals surface area (Å²) in [6.45, 7) is 5.98. The molecule has 150 valence electrons. The molecule has 0 bridgehead atoms. The summed E-state index contributed by atoms with van der Waals surface area (Å²) >= 11 is 0. The van der Waals surface area contributed by atoms with E-state index in [-0.39, 0.29) is 5.91 Å². The minimum absolute atomic E-state index is 0.0466. The van der Waals surface area contributed by atoms with Crippen LogP contribution < -0.4 is 10.6 Å². The van der Waals surface area contributed by atoms with Crippen LogP contribution in [0.25, 0.3) is 10.9 Å². The Hall–Kier alpha value is -2.92. The highest BCUT2D eigenvalue weighted by Crippen LogP contribution is 2.25. The van der Waals surface area contributed by atoms with E-state index in [9.17, 15) is 4.79 Å². The molecule has 0 saturated carbocycles. The van der Waals surface area contributed by atoms with E-state index < -0.39 is 0 Å². The summed E-state index contributed by atoms with van der Waals surface area (Å²) in [5.41, 5.74) is 3.72. The van der Waals surface area contributed by atoms with Crippen LogP contribution in [0.15, 0.2) is 54.6 Å². The van der Waals surface area contributed by atoms with Crippen LogP contribution in [0.3, 0.4) is 0 Å². The van der Waals surface area contributed by atoms with Gasteiger partial charge in [0, 0.05) is 24.2 Å². The SMILES string of the molecule is CCc1ccccc1Nc1cc(C(=O)NCCN2CCCC2)c2ccccc2n1. The second-order valence-electron chi connectivity index (χ2n) is 7.51. The van der Waals surface area contributed by atoms with Gasteiger partial charge in [0.25, 0.3) is 5.91 Å². The van der Waals surface area contributed by atoms with Gasteiger partial charge in [0.1, 0.15) is 5.82 Å². The molecule has 1 amide bonds. The minimum atomic E-state index is -0.0466. The van der Waals surface area contributed by atoms with Gasteiger partial charge in [0.15, 0.2) is 0 Å². The molecule has 1 aliphatic rings. The summed E-state index contributed by atoms with van der Waals surface area (Å²) in [5, 5.41) is 7.38. The van der Waals surface area contributed by atoms with E-state index in [0.717, 1.165) is 42.6 Å². The molecule has 0 radical (unpaired) electrons. The molecular weight excluding hydrogens is 360 g/mol. The molecule has 2 aromatic carbocycles. The molecule has 5 heteroatoms. The van der Waals surface area contributed by atoms with Gasteiger partial charge in [-0.2, -0.15) is 0 Å². The van der Waals surface area contributed by atoms with Crippen LogP contribution in [0.5, 0.6) is 0 Å². The number of para-hydroxylation sites is 2. The van der Waals surface area contributed by atoms with Gasteiger partial charge in [0.2, 0.25) is 0 Å². The highest BCUT2D eigenvalue weighted by molar-refractivity contribution is 6.07. The Bertz CT molecular complexity index is 995. The standard InChI is InChI=1S/C24H28N4O/c1-2-18-9-3-5-11-21(18)26-23-17-20(19-10-4-6-12-22(19)27-23)24(29)25-13-16-28-14-7-8-15-28/h3-6,9-12,17H,2,7-8,13-16H2,1H3,(H,25,29)(H,26,27). The molecule has 0 atom stereocenters. The minimum Gasteiger partial charge on any atom is -0.351 e. The summed E-state index contributed by atoms with van der Waals surface area (Å²) in [5.74, 6) is 0.643. The van der Waals surface area contributed by atoms with Crippen LogP contribution in [0, 0.1) is 0 Å². The maximum Gasteiger partial charge on any atom is 0.252 e. The lowest BCUT2D eigenvalue weighted by molar-refractivity contribution is 0.0951. The molecule has 3 aromatic rings. The molecule has 2 N–H and O–H groups in total. The van der Waals surface area contributed by atoms with Crippen LogP contribution in [0.4, 0.5) is 11.5 Å². The van der Waals surface area contributed by atoms with E-state index in [1.807, 2.05) is 48.5 Å². The fraction of sp³-hybridized carbons (Fsp3) is 0.333. The van der Waals surface area contributed by atoms with Crippen molar-refractivity contribution in [3.05, 3.63) is 65.7 Å². The summed E-state index contributed by atoms with van der Waals surface area (Å²) in [6.07, 6.45) is 3.45. The molecule has 5 nitrogen and oxygen atoms in total. The van der Waals surface area contributed by atoms with E-state index in [1.165, 1.54) is 18.4 Å². The summed E-state index contributed by atoms with van der Waals surface area (Å²) in [4.78, 5) is 20.1. The van der Waals surface area contributed by atoms with Gasteiger partial charge in [-0.15, -0.1) is 0 Å². The van der Waals surface area contributed by atoms with Crippen molar-refractivity contribution in [3.63, 3.8) is 0 Å². The van der Waals surface area contributed by atoms with Crippen molar-refractivity contribution < 1.29 is 4.79 Å². The van der Waals surface area contributed by atoms with Gasteiger partial charge >= 0.3 is 0 Å². The maximum absolute atomic E-state index is 13.0. The number of carbonyl (C=O) groups is 1. The van der Waals surface area contributed by atoms with Gasteiger partial charge in [-0.3, -0.25) is 4.79 Å². The smallest absolute Gasteiger partial charge is 0.252 e. The summed E-state index contributed by atoms with van der Waals surface area (Å²) in [6, 6.07) is 17.9. The fourth-order valence-corrected chi connectivity index (χ4v) is 3.94. The zero-order chi connectivity index (χ0) is 20.1. The van der Waals surface area contributed by atoms with E-state index >= 15 is 0 Å². The molecule has 2 heterocycles. The Labute approximate surface area is 172 Å². The van der Waals surface area contributed by atoms with Gasteiger partial charge < -0.3 is 15.5 Å². The number of fused-ring (bicyclic) bond motifs is 1. The lowest BCUT2D eigenvalue weighted by atomic mass is 10.1. The number of nitrogens with zero attached hydrogens (tertiary/aromatic N) is 2. The average Bonchev–Trinajstić information content (AvgIpc) is 3.27. The van der Waals surface area contributed by atoms with Crippen molar-refractivity contribution >= 4 is 28.3 Å². The number of nitrogens with one attached hydrogen (secondary N) is 2. The number of amides is 1. The number of anilines is 2. The van der Waals surface area contributed by atoms with Crippen molar-refractivity contribution in [1.29, 1.82) is 0 Å². The first-order chi connectivity index (χ1) is 14.2. The number of benzene rings is 2. The normalized spacial score (nSPS) is 14.2. The number of likely N-dealkylation sites (tertiary alicyclic amines) is 1. The third-order valence-electron chi connectivity index (χ3n) is 5.53. The number of hydrogen-bond donors (Lipinski definition) is 2. The Balaban J connectivity index is 1.57. The Morgan fingerprint density at radius 1 is 1.07 bits per heavy atom. The van der Waals surface area contributed by atoms with E-state index in [1.54, 1.807) is 0 Å². The first kappa shape index (κ1) is 19.4. The van der Waals surface area contributed by atoms with Crippen molar-refractivity contribution in [2.45, 2.75) is 26.2 Å². The van der Waals surface area contributed by atoms with Gasteiger partial charge in [-0.1, -0.05) is 43.3 Å². The number of aromatic nitrogens is 1. The molecule has 29 heavy (non-hydrogen) atoms. The lowest BCUT2D eigenvalue weighted by Gasteiger charge is -2.16. The van der Waals surface area contributed by atoms with Crippen molar-refractivity contribution in [2.75, 3.05) is 31.5 Å². The van der Waals surface area contributed by atoms with E-state index in [0.29, 0.717) is 17.9 Å². The third-order valence-corrected chi connectivity index (χ3v) is 5.53. The Morgan fingerprint density at radius 2 is 1.83 bits per heavy atom. The number of hydrogen-bond acceptors (Lipinski definition) is 4. The highest BCUT2D eigenvalue weighted by atomic mass is 16.1. The second-order valence-corrected chi connectivity index (χ2v) is 7.51. The number of carbonyl (C=O) groups excluding carboxylic acids is 1. The molecule has 1 aliphatic heterocycles. The second kappa shape index (κ2) is 9.05. The molecular formula is C24H28N4O. The molecule has 4 rings (SSSR count). The van der Waals surface area contributed by atoms with Gasteiger partial charge in [0.05, 0.1) is 11.1 Å². The van der Waals surface area contributed by atoms with Crippen molar-refractivity contribution in [1.82, 2.24) is 15.2 Å². The fourth-order valence-electron chi connectivity index (χ4n) is 3.94. The first-order valence-corrected chi connectivity index (χ1v) is 10.5. The zero-order valence-corrected chi connectivity index (χ0v) is 16.9. The third kappa shape index (κ3) is 4.57. The van der Waals surface area contributed by atoms with E-state index in [4.69, 9.17) is 4.98 Å². The van der Waals surface area contributed by atoms with Crippen LogP contribution in [-0.4, -0.2) is 42.0 Å². The molecule has 1 fully saturated rings.